The normalized spacial score (nSPS) is 18.2. The highest BCUT2D eigenvalue weighted by Gasteiger charge is 2.30. The second-order valence-corrected chi connectivity index (χ2v) is 27.8. The molecule has 0 aromatic heterocycles. The first-order chi connectivity index (χ1) is 43.8. The highest BCUT2D eigenvalue weighted by Crippen LogP contribution is 2.19. The number of carbonyl (C=O) groups is 8. The van der Waals surface area contributed by atoms with E-state index in [0.29, 0.717) is 102 Å². The first kappa shape index (κ1) is 81.2. The lowest BCUT2D eigenvalue weighted by Gasteiger charge is -2.38. The smallest absolute Gasteiger partial charge is 0.338 e. The van der Waals surface area contributed by atoms with Gasteiger partial charge in [0, 0.05) is 117 Å². The second kappa shape index (κ2) is 41.7. The first-order valence-electron chi connectivity index (χ1n) is 33.2. The number of rotatable bonds is 24. The molecule has 93 heavy (non-hydrogen) atoms. The van der Waals surface area contributed by atoms with E-state index in [1.54, 1.807) is 58.0 Å². The van der Waals surface area contributed by atoms with Crippen LogP contribution in [0.15, 0.2) is 78.9 Å². The Morgan fingerprint density at radius 2 is 0.828 bits per heavy atom. The molecule has 3 aromatic rings. The predicted octanol–water partition coefficient (Wildman–Crippen LogP) is 7.25. The van der Waals surface area contributed by atoms with E-state index in [1.165, 1.54) is 6.82 Å². The molecule has 2 heterocycles. The van der Waals surface area contributed by atoms with Gasteiger partial charge >= 0.3 is 23.9 Å². The zero-order valence-corrected chi connectivity index (χ0v) is 59.1. The number of carboxylic acid groups (broad SMARTS) is 1. The average Bonchev–Trinajstić information content (AvgIpc) is 1.12. The third-order valence-electron chi connectivity index (χ3n) is 15.4. The van der Waals surface area contributed by atoms with Gasteiger partial charge in [-0.05, 0) is 135 Å². The first-order valence-corrected chi connectivity index (χ1v) is 33.2. The Morgan fingerprint density at radius 1 is 0.452 bits per heavy atom. The van der Waals surface area contributed by atoms with Gasteiger partial charge in [-0.3, -0.25) is 58.2 Å². The zero-order valence-electron chi connectivity index (χ0n) is 59.1. The number of benzene rings is 3. The van der Waals surface area contributed by atoms with E-state index in [1.807, 2.05) is 90.1 Å². The molecule has 20 nitrogen and oxygen atoms in total. The summed E-state index contributed by atoms with van der Waals surface area (Å²) < 4.78 is 16.8. The van der Waals surface area contributed by atoms with Crippen molar-refractivity contribution in [2.45, 2.75) is 146 Å². The number of hydrogen-bond acceptors (Lipinski definition) is 19. The van der Waals surface area contributed by atoms with Crippen molar-refractivity contribution in [1.82, 2.24) is 39.2 Å². The van der Waals surface area contributed by atoms with E-state index >= 15 is 0 Å². The number of aromatic carboxylic acids is 1. The topological polar surface area (TPSA) is 210 Å². The lowest BCUT2D eigenvalue weighted by Crippen LogP contribution is -2.53. The molecule has 0 saturated carbocycles. The van der Waals surface area contributed by atoms with Crippen molar-refractivity contribution >= 4 is 54.9 Å². The molecule has 2 atom stereocenters. The molecule has 2 radical (unpaired) electrons. The molecular weight excluding hydrogens is 1180 g/mol. The number of Topliss-reactive ketones (excluding diaryl/α,β-unsaturated/α-hetero) is 4. The Morgan fingerprint density at radius 3 is 1.22 bits per heavy atom. The van der Waals surface area contributed by atoms with Crippen LogP contribution >= 0.6 is 0 Å². The van der Waals surface area contributed by atoms with Crippen molar-refractivity contribution < 1.29 is 57.7 Å². The van der Waals surface area contributed by atoms with Crippen molar-refractivity contribution in [3.8, 4) is 0 Å². The molecule has 2 aliphatic rings. The summed E-state index contributed by atoms with van der Waals surface area (Å²) in [7, 11) is 4.50. The minimum absolute atomic E-state index is 0.0358. The van der Waals surface area contributed by atoms with Gasteiger partial charge in [0.25, 0.3) is 0 Å². The van der Waals surface area contributed by atoms with E-state index in [2.05, 4.69) is 74.7 Å². The summed E-state index contributed by atoms with van der Waals surface area (Å²) in [5.74, 6) is -0.755. The number of carboxylic acids is 1. The Labute approximate surface area is 558 Å². The summed E-state index contributed by atoms with van der Waals surface area (Å²) in [6.07, 6.45) is 1.17. The number of hydrogen-bond donors (Lipinski definition) is 1. The third-order valence-corrected chi connectivity index (χ3v) is 15.4. The van der Waals surface area contributed by atoms with Gasteiger partial charge in [-0.1, -0.05) is 89.1 Å². The molecule has 0 aliphatic carbocycles. The van der Waals surface area contributed by atoms with Gasteiger partial charge in [0.1, 0.15) is 40.9 Å². The van der Waals surface area contributed by atoms with E-state index in [4.69, 9.17) is 14.2 Å². The Bertz CT molecular complexity index is 2770. The van der Waals surface area contributed by atoms with Gasteiger partial charge in [-0.15, -0.1) is 0 Å². The molecule has 2 saturated heterocycles. The van der Waals surface area contributed by atoms with Crippen molar-refractivity contribution in [3.05, 3.63) is 107 Å². The number of esters is 3. The Hall–Kier alpha value is -6.04. The minimum atomic E-state index is -0.983. The summed E-state index contributed by atoms with van der Waals surface area (Å²) in [5.41, 5.74) is 2.39. The third kappa shape index (κ3) is 35.3. The van der Waals surface area contributed by atoms with Crippen LogP contribution in [-0.4, -0.2) is 266 Å². The second-order valence-electron chi connectivity index (χ2n) is 27.8. The number of nitrogens with zero attached hydrogens (tertiary/aromatic N) is 8. The van der Waals surface area contributed by atoms with Crippen LogP contribution in [0.25, 0.3) is 0 Å². The fourth-order valence-corrected chi connectivity index (χ4v) is 11.6. The molecule has 2 aliphatic heterocycles. The lowest BCUT2D eigenvalue weighted by atomic mass is 10.0. The van der Waals surface area contributed by atoms with E-state index in [0.717, 1.165) is 56.0 Å². The lowest BCUT2D eigenvalue weighted by molar-refractivity contribution is -0.157. The van der Waals surface area contributed by atoms with E-state index in [-0.39, 0.29) is 98.0 Å². The maximum Gasteiger partial charge on any atom is 0.338 e. The summed E-state index contributed by atoms with van der Waals surface area (Å²) >= 11 is 0. The minimum Gasteiger partial charge on any atom is -0.478 e. The van der Waals surface area contributed by atoms with E-state index < -0.39 is 17.2 Å². The quantitative estimate of drug-likeness (QED) is 0.0532. The Kier molecular flexibility index (Phi) is 36.4. The fraction of sp³-hybridized carbons (Fsp3) is 0.639. The molecule has 21 heteroatoms. The standard InChI is InChI=1S/C39H58N4O6.C32H52N4O6.CH3B/c1-30(2)24-40-17-18-41(28-37(46)49-39(5,6)7)19-20-42(25-31(3)44)27-36(43(22-21-40)26-32(4)45)23-33-13-15-35(16-14-33)38(47)48-29-34-11-9-8-10-12-34;1-24(2)19-33-11-12-34(23-30(39)42-32(5,6)7)13-14-35(20-25(3)37)22-29(36(16-15-33)21-26(4)38)18-27-9-8-10-28(17-27)31(40)41;1-2/h8-16,30,36H,17-29H2,1-7H3;8-10,17,24,29H,11-16,18-23H2,1-7H3,(H,40,41);1H3. The summed E-state index contributed by atoms with van der Waals surface area (Å²) in [4.78, 5) is 118. The summed E-state index contributed by atoms with van der Waals surface area (Å²) in [5, 5.41) is 9.54. The van der Waals surface area contributed by atoms with Crippen LogP contribution in [0.1, 0.15) is 134 Å². The fourth-order valence-electron chi connectivity index (χ4n) is 11.6. The van der Waals surface area contributed by atoms with Gasteiger partial charge in [0.05, 0.1) is 58.2 Å². The molecule has 0 spiro atoms. The number of ketones is 4. The molecular formula is C72H113BN8O12. The molecule has 1 N–H and O–H groups in total. The maximum atomic E-state index is 12.9. The molecule has 0 bridgehead atoms. The van der Waals surface area contributed by atoms with Crippen LogP contribution in [0.5, 0.6) is 0 Å². The van der Waals surface area contributed by atoms with Crippen LogP contribution in [0.4, 0.5) is 0 Å². The molecule has 2 unspecified atom stereocenters. The van der Waals surface area contributed by atoms with Crippen LogP contribution < -0.4 is 0 Å². The van der Waals surface area contributed by atoms with Gasteiger partial charge in [0.2, 0.25) is 0 Å². The van der Waals surface area contributed by atoms with Crippen molar-refractivity contribution in [1.29, 1.82) is 0 Å². The molecule has 2 fully saturated rings. The molecule has 5 rings (SSSR count). The van der Waals surface area contributed by atoms with Crippen molar-refractivity contribution in [3.63, 3.8) is 0 Å². The maximum absolute atomic E-state index is 12.9. The number of carbonyl (C=O) groups excluding carboxylic acids is 7. The van der Waals surface area contributed by atoms with Crippen molar-refractivity contribution in [2.24, 2.45) is 11.8 Å². The molecule has 516 valence electrons. The van der Waals surface area contributed by atoms with Crippen LogP contribution in [0.2, 0.25) is 6.82 Å². The highest BCUT2D eigenvalue weighted by molar-refractivity contribution is 6.05. The van der Waals surface area contributed by atoms with Gasteiger partial charge in [-0.2, -0.15) is 0 Å². The average molecular weight is 1290 g/mol. The number of ether oxygens (including phenoxy) is 3. The van der Waals surface area contributed by atoms with Crippen LogP contribution in [-0.2, 0) is 62.4 Å². The van der Waals surface area contributed by atoms with Crippen LogP contribution in [0.3, 0.4) is 0 Å². The predicted molar refractivity (Wildman–Crippen MR) is 368 cm³/mol. The summed E-state index contributed by atoms with van der Waals surface area (Å²) in [6.45, 7) is 40.4. The monoisotopic (exact) mass is 1290 g/mol. The van der Waals surface area contributed by atoms with Gasteiger partial charge in [0.15, 0.2) is 0 Å². The van der Waals surface area contributed by atoms with Gasteiger partial charge in [-0.25, -0.2) is 9.59 Å². The van der Waals surface area contributed by atoms with Crippen LogP contribution in [0, 0.1) is 11.8 Å². The largest absolute Gasteiger partial charge is 0.478 e. The summed E-state index contributed by atoms with van der Waals surface area (Å²) in [6, 6.07) is 23.8. The van der Waals surface area contributed by atoms with E-state index in [9.17, 15) is 43.5 Å². The highest BCUT2D eigenvalue weighted by atomic mass is 16.6. The van der Waals surface area contributed by atoms with Gasteiger partial charge < -0.3 is 29.1 Å². The zero-order chi connectivity index (χ0) is 69.4. The molecule has 0 amide bonds. The Balaban J connectivity index is 0.000000478. The molecule has 3 aromatic carbocycles. The SMILES string of the molecule is CC(=O)CN1CCN(CC(=O)OC(C)(C)C)CCN(CC(C)C)CCN(CC(C)=O)C(Cc2ccc(C(=O)OCc3ccccc3)cc2)C1.CC(=O)CN1CCN(CC(=O)OC(C)(C)C)CCN(CC(C)C)CCN(CC(C)=O)C(Cc2cccc(C(=O)O)c2)C1.[B]C. The van der Waals surface area contributed by atoms with Crippen molar-refractivity contribution in [2.75, 3.05) is 144 Å².